The molecule has 1 saturated carbocycles. The van der Waals surface area contributed by atoms with E-state index in [-0.39, 0.29) is 36.1 Å². The zero-order valence-corrected chi connectivity index (χ0v) is 23.2. The highest BCUT2D eigenvalue weighted by Crippen LogP contribution is 2.61. The molecule has 6 rings (SSSR count). The molecule has 1 saturated heterocycles. The Morgan fingerprint density at radius 2 is 2.02 bits per heavy atom. The van der Waals surface area contributed by atoms with E-state index in [0.717, 1.165) is 59.7 Å². The average molecular weight is 566 g/mol. The standard InChI is InChI=1S/C30H32FN3O5S/c1-17-23(6-8-27(33-17)34-10-9-18(15-34)14-32-40(2,37)38)19-3-7-26(31)21(11-19)16-39-22-4-5-24-20(12-22)13-25-28(24)29(25)30(35)36/h3-8,11-12,18,25,28-29,32H,9-10,13-16H2,1-2H3,(H,35,36). The molecule has 3 aliphatic rings. The van der Waals surface area contributed by atoms with Crippen LogP contribution in [0.3, 0.4) is 0 Å². The maximum Gasteiger partial charge on any atom is 0.307 e. The Morgan fingerprint density at radius 3 is 2.77 bits per heavy atom. The van der Waals surface area contributed by atoms with Gasteiger partial charge in [0.15, 0.2) is 0 Å². The number of hydrogen-bond donors (Lipinski definition) is 2. The summed E-state index contributed by atoms with van der Waals surface area (Å²) < 4.78 is 46.1. The molecule has 0 spiro atoms. The maximum absolute atomic E-state index is 14.7. The van der Waals surface area contributed by atoms with E-state index in [9.17, 15) is 22.7 Å². The zero-order chi connectivity index (χ0) is 28.2. The second-order valence-corrected chi connectivity index (χ2v) is 13.1. The number of pyridine rings is 1. The molecule has 2 aliphatic carbocycles. The van der Waals surface area contributed by atoms with Gasteiger partial charge in [-0.25, -0.2) is 22.5 Å². The number of aromatic nitrogens is 1. The van der Waals surface area contributed by atoms with Crippen molar-refractivity contribution in [1.82, 2.24) is 9.71 Å². The fourth-order valence-corrected chi connectivity index (χ4v) is 6.87. The van der Waals surface area contributed by atoms with Gasteiger partial charge in [0.1, 0.15) is 24.0 Å². The number of sulfonamides is 1. The van der Waals surface area contributed by atoms with Gasteiger partial charge in [-0.1, -0.05) is 12.1 Å². The number of fused-ring (bicyclic) bond motifs is 3. The predicted octanol–water partition coefficient (Wildman–Crippen LogP) is 4.12. The second-order valence-electron chi connectivity index (χ2n) is 11.2. The molecule has 2 N–H and O–H groups in total. The molecule has 210 valence electrons. The Kier molecular flexibility index (Phi) is 6.78. The lowest BCUT2D eigenvalue weighted by molar-refractivity contribution is -0.139. The summed E-state index contributed by atoms with van der Waals surface area (Å²) in [4.78, 5) is 18.3. The molecule has 2 aromatic carbocycles. The molecule has 4 unspecified atom stereocenters. The van der Waals surface area contributed by atoms with E-state index in [0.29, 0.717) is 17.9 Å². The number of rotatable bonds is 9. The summed E-state index contributed by atoms with van der Waals surface area (Å²) in [5, 5.41) is 9.33. The SMILES string of the molecule is Cc1nc(N2CCC(CNS(C)(=O)=O)C2)ccc1-c1ccc(F)c(COc2ccc3c(c2)CC2C(C(=O)O)C32)c1. The van der Waals surface area contributed by atoms with Gasteiger partial charge in [0.25, 0.3) is 0 Å². The number of aliphatic carboxylic acids is 1. The van der Waals surface area contributed by atoms with Gasteiger partial charge < -0.3 is 14.7 Å². The predicted molar refractivity (Wildman–Crippen MR) is 149 cm³/mol. The first-order valence-electron chi connectivity index (χ1n) is 13.5. The number of nitrogens with one attached hydrogen (secondary N) is 1. The van der Waals surface area contributed by atoms with Crippen LogP contribution < -0.4 is 14.4 Å². The van der Waals surface area contributed by atoms with E-state index in [4.69, 9.17) is 9.72 Å². The summed E-state index contributed by atoms with van der Waals surface area (Å²) in [5.41, 5.74) is 5.24. The molecule has 10 heteroatoms. The van der Waals surface area contributed by atoms with E-state index in [1.54, 1.807) is 12.1 Å². The summed E-state index contributed by atoms with van der Waals surface area (Å²) in [6.45, 7) is 3.97. The summed E-state index contributed by atoms with van der Waals surface area (Å²) in [7, 11) is -3.21. The van der Waals surface area contributed by atoms with Crippen LogP contribution in [0.25, 0.3) is 11.1 Å². The highest BCUT2D eigenvalue weighted by molar-refractivity contribution is 7.88. The van der Waals surface area contributed by atoms with E-state index in [2.05, 4.69) is 9.62 Å². The molecule has 40 heavy (non-hydrogen) atoms. The molecule has 4 atom stereocenters. The molecule has 1 aliphatic heterocycles. The summed E-state index contributed by atoms with van der Waals surface area (Å²) in [6, 6.07) is 14.7. The van der Waals surface area contributed by atoms with Crippen LogP contribution in [0.15, 0.2) is 48.5 Å². The molecule has 2 heterocycles. The Labute approximate surface area is 233 Å². The topological polar surface area (TPSA) is 109 Å². The van der Waals surface area contributed by atoms with Gasteiger partial charge in [-0.2, -0.15) is 0 Å². The van der Waals surface area contributed by atoms with Gasteiger partial charge in [-0.05, 0) is 84.7 Å². The van der Waals surface area contributed by atoms with Crippen molar-refractivity contribution < 1.29 is 27.4 Å². The van der Waals surface area contributed by atoms with Gasteiger partial charge >= 0.3 is 5.97 Å². The second kappa shape index (κ2) is 10.2. The number of halogens is 1. The van der Waals surface area contributed by atoms with E-state index in [1.807, 2.05) is 37.3 Å². The average Bonchev–Trinajstić information content (AvgIpc) is 3.23. The van der Waals surface area contributed by atoms with Gasteiger partial charge in [-0.3, -0.25) is 4.79 Å². The highest BCUT2D eigenvalue weighted by Gasteiger charge is 2.59. The Morgan fingerprint density at radius 1 is 1.20 bits per heavy atom. The van der Waals surface area contributed by atoms with Gasteiger partial charge in [0, 0.05) is 42.4 Å². The third kappa shape index (κ3) is 5.30. The quantitative estimate of drug-likeness (QED) is 0.402. The van der Waals surface area contributed by atoms with Crippen LogP contribution in [0.5, 0.6) is 5.75 Å². The van der Waals surface area contributed by atoms with Crippen molar-refractivity contribution in [2.45, 2.75) is 32.3 Å². The van der Waals surface area contributed by atoms with Crippen molar-refractivity contribution in [2.24, 2.45) is 17.8 Å². The fourth-order valence-electron chi connectivity index (χ4n) is 6.34. The molecule has 0 amide bonds. The van der Waals surface area contributed by atoms with Crippen molar-refractivity contribution in [3.8, 4) is 16.9 Å². The fraction of sp³-hybridized carbons (Fsp3) is 0.400. The van der Waals surface area contributed by atoms with E-state index >= 15 is 0 Å². The minimum atomic E-state index is -3.21. The van der Waals surface area contributed by atoms with Crippen molar-refractivity contribution >= 4 is 21.8 Å². The lowest BCUT2D eigenvalue weighted by atomic mass is 10.0. The largest absolute Gasteiger partial charge is 0.489 e. The molecular weight excluding hydrogens is 533 g/mol. The number of carbonyl (C=O) groups is 1. The minimum Gasteiger partial charge on any atom is -0.489 e. The number of carboxylic acid groups (broad SMARTS) is 1. The van der Waals surface area contributed by atoms with Crippen molar-refractivity contribution in [2.75, 3.05) is 30.8 Å². The van der Waals surface area contributed by atoms with Crippen molar-refractivity contribution in [1.29, 1.82) is 0 Å². The normalized spacial score (nSPS) is 23.1. The first kappa shape index (κ1) is 26.7. The highest BCUT2D eigenvalue weighted by atomic mass is 32.2. The number of ether oxygens (including phenoxy) is 1. The number of carboxylic acids is 1. The number of nitrogens with zero attached hydrogens (tertiary/aromatic N) is 2. The summed E-state index contributed by atoms with van der Waals surface area (Å²) in [6.07, 6.45) is 2.81. The van der Waals surface area contributed by atoms with Gasteiger partial charge in [0.05, 0.1) is 12.2 Å². The molecule has 8 nitrogen and oxygen atoms in total. The Bertz CT molecular complexity index is 1590. The van der Waals surface area contributed by atoms with Gasteiger partial charge in [0.2, 0.25) is 10.0 Å². The third-order valence-electron chi connectivity index (χ3n) is 8.45. The molecule has 0 radical (unpaired) electrons. The molecular formula is C30H32FN3O5S. The molecule has 0 bridgehead atoms. The third-order valence-corrected chi connectivity index (χ3v) is 9.14. The lowest BCUT2D eigenvalue weighted by Crippen LogP contribution is -2.30. The van der Waals surface area contributed by atoms with Crippen LogP contribution in [0.2, 0.25) is 0 Å². The maximum atomic E-state index is 14.7. The van der Waals surface area contributed by atoms with Crippen LogP contribution in [0, 0.1) is 30.5 Å². The first-order chi connectivity index (χ1) is 19.1. The zero-order valence-electron chi connectivity index (χ0n) is 22.4. The monoisotopic (exact) mass is 565 g/mol. The molecule has 2 fully saturated rings. The smallest absolute Gasteiger partial charge is 0.307 e. The number of anilines is 1. The molecule has 1 aromatic heterocycles. The van der Waals surface area contributed by atoms with E-state index < -0.39 is 16.0 Å². The summed E-state index contributed by atoms with van der Waals surface area (Å²) in [5.74, 6) is 0.691. The lowest BCUT2D eigenvalue weighted by Gasteiger charge is -2.19. The number of hydrogen-bond acceptors (Lipinski definition) is 6. The Hall–Kier alpha value is -3.50. The van der Waals surface area contributed by atoms with Crippen LogP contribution in [0.1, 0.15) is 34.7 Å². The van der Waals surface area contributed by atoms with Crippen LogP contribution in [0.4, 0.5) is 10.2 Å². The van der Waals surface area contributed by atoms with Crippen LogP contribution in [-0.2, 0) is 27.8 Å². The Balaban J connectivity index is 1.11. The van der Waals surface area contributed by atoms with Crippen LogP contribution >= 0.6 is 0 Å². The summed E-state index contributed by atoms with van der Waals surface area (Å²) >= 11 is 0. The first-order valence-corrected chi connectivity index (χ1v) is 15.4. The number of benzene rings is 2. The minimum absolute atomic E-state index is 0.0737. The van der Waals surface area contributed by atoms with E-state index in [1.165, 1.54) is 12.3 Å². The van der Waals surface area contributed by atoms with Crippen LogP contribution in [-0.4, -0.2) is 50.4 Å². The van der Waals surface area contributed by atoms with Crippen molar-refractivity contribution in [3.05, 3.63) is 76.7 Å². The van der Waals surface area contributed by atoms with Crippen molar-refractivity contribution in [3.63, 3.8) is 0 Å². The van der Waals surface area contributed by atoms with Gasteiger partial charge in [-0.15, -0.1) is 0 Å². The molecule has 3 aromatic rings. The number of aryl methyl sites for hydroxylation is 1.